The van der Waals surface area contributed by atoms with Gasteiger partial charge in [-0.15, -0.1) is 0 Å². The fourth-order valence-corrected chi connectivity index (χ4v) is 4.62. The molecule has 2 aromatic rings. The van der Waals surface area contributed by atoms with Gasteiger partial charge in [-0.2, -0.15) is 0 Å². The maximum atomic E-state index is 13.4. The van der Waals surface area contributed by atoms with E-state index in [2.05, 4.69) is 34.1 Å². The highest BCUT2D eigenvalue weighted by atomic mass is 16.5. The quantitative estimate of drug-likeness (QED) is 0.669. The summed E-state index contributed by atoms with van der Waals surface area (Å²) in [5, 5.41) is 3.40. The Hall–Kier alpha value is -3.26. The fourth-order valence-electron chi connectivity index (χ4n) is 4.62. The number of ketones is 1. The van der Waals surface area contributed by atoms with Gasteiger partial charge in [-0.25, -0.2) is 9.78 Å². The molecule has 2 atom stereocenters. The Bertz CT molecular complexity index is 1070. The van der Waals surface area contributed by atoms with Crippen LogP contribution in [0.2, 0.25) is 0 Å². The first-order chi connectivity index (χ1) is 15.4. The number of H-pyrrole nitrogens is 1. The number of ether oxygens (including phenoxy) is 2. The van der Waals surface area contributed by atoms with Gasteiger partial charge in [-0.3, -0.25) is 9.78 Å². The van der Waals surface area contributed by atoms with Crippen molar-refractivity contribution in [2.45, 2.75) is 45.6 Å². The number of esters is 1. The van der Waals surface area contributed by atoms with Crippen molar-refractivity contribution in [3.8, 4) is 0 Å². The van der Waals surface area contributed by atoms with Crippen LogP contribution in [0.4, 0.5) is 0 Å². The van der Waals surface area contributed by atoms with Crippen molar-refractivity contribution in [2.75, 3.05) is 13.7 Å². The number of nitrogens with zero attached hydrogens (tertiary/aromatic N) is 2. The van der Waals surface area contributed by atoms with Gasteiger partial charge in [0.2, 0.25) is 0 Å². The van der Waals surface area contributed by atoms with Gasteiger partial charge in [-0.1, -0.05) is 19.9 Å². The monoisotopic (exact) mass is 436 g/mol. The predicted molar refractivity (Wildman–Crippen MR) is 117 cm³/mol. The van der Waals surface area contributed by atoms with Gasteiger partial charge in [0.15, 0.2) is 11.9 Å². The van der Waals surface area contributed by atoms with Crippen LogP contribution in [-0.2, 0) is 19.1 Å². The van der Waals surface area contributed by atoms with E-state index < -0.39 is 18.0 Å². The molecule has 1 aliphatic heterocycles. The minimum atomic E-state index is -0.669. The second-order valence-corrected chi connectivity index (χ2v) is 8.82. The number of rotatable bonds is 6. The van der Waals surface area contributed by atoms with E-state index in [-0.39, 0.29) is 17.8 Å². The third-order valence-corrected chi connectivity index (χ3v) is 5.85. The maximum absolute atomic E-state index is 13.4. The molecule has 168 valence electrons. The zero-order valence-electron chi connectivity index (χ0n) is 18.8. The Kier molecular flexibility index (Phi) is 5.97. The molecule has 0 saturated heterocycles. The number of carbonyl (C=O) groups is 2. The van der Waals surface area contributed by atoms with Crippen molar-refractivity contribution in [3.63, 3.8) is 0 Å². The number of hydrogen-bond donors (Lipinski definition) is 2. The summed E-state index contributed by atoms with van der Waals surface area (Å²) in [6.45, 7) is 6.10. The van der Waals surface area contributed by atoms with Crippen LogP contribution in [0, 0.1) is 5.41 Å². The van der Waals surface area contributed by atoms with Crippen LogP contribution < -0.4 is 5.32 Å². The standard InChI is InChI=1S/C24H28N4O4/c1-5-32-23(30)19-17(14-7-6-8-25-13-14)18-15(11-24(2,3)12-16(18)29)28-20(19)21(31-4)22-26-9-10-27-22/h6-10,13,17,21,28H,5,11-12H2,1-4H3,(H,26,27). The largest absolute Gasteiger partial charge is 0.463 e. The first kappa shape index (κ1) is 22.0. The van der Waals surface area contributed by atoms with Gasteiger partial charge in [0.25, 0.3) is 0 Å². The van der Waals surface area contributed by atoms with Gasteiger partial charge in [-0.05, 0) is 30.4 Å². The summed E-state index contributed by atoms with van der Waals surface area (Å²) in [5.74, 6) is -0.538. The number of aromatic amines is 1. The Morgan fingerprint density at radius 1 is 1.31 bits per heavy atom. The average molecular weight is 437 g/mol. The number of Topliss-reactive ketones (excluding diaryl/α,β-unsaturated/α-hetero) is 1. The van der Waals surface area contributed by atoms with Crippen LogP contribution in [0.1, 0.15) is 57.0 Å². The normalized spacial score (nSPS) is 21.1. The molecule has 0 aromatic carbocycles. The van der Waals surface area contributed by atoms with E-state index in [0.29, 0.717) is 35.5 Å². The van der Waals surface area contributed by atoms with E-state index in [1.165, 1.54) is 0 Å². The van der Waals surface area contributed by atoms with Crippen LogP contribution in [-0.4, -0.2) is 40.4 Å². The molecule has 2 N–H and O–H groups in total. The lowest BCUT2D eigenvalue weighted by atomic mass is 9.68. The number of pyridine rings is 1. The number of nitrogens with one attached hydrogen (secondary N) is 2. The highest BCUT2D eigenvalue weighted by Crippen LogP contribution is 2.48. The second-order valence-electron chi connectivity index (χ2n) is 8.82. The van der Waals surface area contributed by atoms with Crippen LogP contribution >= 0.6 is 0 Å². The van der Waals surface area contributed by atoms with Gasteiger partial charge >= 0.3 is 5.97 Å². The SMILES string of the molecule is CCOC(=O)C1=C(C(OC)c2ncc[nH]2)NC2=C(C(=O)CC(C)(C)C2)C1c1cccnc1. The number of hydrogen-bond acceptors (Lipinski definition) is 7. The van der Waals surface area contributed by atoms with Crippen molar-refractivity contribution in [1.29, 1.82) is 0 Å². The molecule has 8 heteroatoms. The van der Waals surface area contributed by atoms with Crippen LogP contribution in [0.15, 0.2) is 59.5 Å². The number of dihydropyridines is 1. The third-order valence-electron chi connectivity index (χ3n) is 5.85. The molecule has 8 nitrogen and oxygen atoms in total. The summed E-state index contributed by atoms with van der Waals surface area (Å²) < 4.78 is 11.2. The Balaban J connectivity index is 1.97. The molecule has 3 heterocycles. The summed E-state index contributed by atoms with van der Waals surface area (Å²) in [7, 11) is 1.56. The fraction of sp³-hybridized carbons (Fsp3) is 0.417. The number of carbonyl (C=O) groups excluding carboxylic acids is 2. The minimum absolute atomic E-state index is 0.0189. The van der Waals surface area contributed by atoms with Gasteiger partial charge in [0, 0.05) is 55.5 Å². The molecule has 0 spiro atoms. The first-order valence-electron chi connectivity index (χ1n) is 10.7. The summed E-state index contributed by atoms with van der Waals surface area (Å²) in [4.78, 5) is 38.4. The molecule has 0 bridgehead atoms. The lowest BCUT2D eigenvalue weighted by Gasteiger charge is -2.40. The number of aromatic nitrogens is 3. The molecular formula is C24H28N4O4. The van der Waals surface area contributed by atoms with E-state index in [4.69, 9.17) is 9.47 Å². The van der Waals surface area contributed by atoms with E-state index in [1.54, 1.807) is 44.9 Å². The predicted octanol–water partition coefficient (Wildman–Crippen LogP) is 3.34. The lowest BCUT2D eigenvalue weighted by Crippen LogP contribution is -2.41. The third kappa shape index (κ3) is 3.98. The Morgan fingerprint density at radius 3 is 2.75 bits per heavy atom. The van der Waals surface area contributed by atoms with E-state index in [9.17, 15) is 9.59 Å². The van der Waals surface area contributed by atoms with E-state index >= 15 is 0 Å². The van der Waals surface area contributed by atoms with Crippen molar-refractivity contribution in [3.05, 3.63) is 70.8 Å². The summed E-state index contributed by atoms with van der Waals surface area (Å²) in [6.07, 6.45) is 7.09. The van der Waals surface area contributed by atoms with Crippen LogP contribution in [0.25, 0.3) is 0 Å². The zero-order chi connectivity index (χ0) is 22.9. The van der Waals surface area contributed by atoms with Crippen molar-refractivity contribution in [2.24, 2.45) is 5.41 Å². The molecule has 0 amide bonds. The summed E-state index contributed by atoms with van der Waals surface area (Å²) >= 11 is 0. The average Bonchev–Trinajstić information content (AvgIpc) is 3.27. The highest BCUT2D eigenvalue weighted by molar-refractivity contribution is 6.04. The van der Waals surface area contributed by atoms with Crippen LogP contribution in [0.3, 0.4) is 0 Å². The molecule has 0 radical (unpaired) electrons. The topological polar surface area (TPSA) is 106 Å². The molecule has 0 fully saturated rings. The lowest BCUT2D eigenvalue weighted by molar-refractivity contribution is -0.139. The first-order valence-corrected chi connectivity index (χ1v) is 10.7. The molecule has 0 saturated carbocycles. The molecule has 2 aromatic heterocycles. The molecule has 1 aliphatic carbocycles. The van der Waals surface area contributed by atoms with Gasteiger partial charge < -0.3 is 19.8 Å². The maximum Gasteiger partial charge on any atom is 0.336 e. The van der Waals surface area contributed by atoms with Crippen LogP contribution in [0.5, 0.6) is 0 Å². The van der Waals surface area contributed by atoms with E-state index in [1.807, 2.05) is 6.07 Å². The Morgan fingerprint density at radius 2 is 2.12 bits per heavy atom. The molecule has 2 aliphatic rings. The van der Waals surface area contributed by atoms with E-state index in [0.717, 1.165) is 11.3 Å². The van der Waals surface area contributed by atoms with Gasteiger partial charge in [0.1, 0.15) is 5.82 Å². The molecule has 32 heavy (non-hydrogen) atoms. The summed E-state index contributed by atoms with van der Waals surface area (Å²) in [5.41, 5.74) is 2.82. The smallest absolute Gasteiger partial charge is 0.336 e. The number of imidazole rings is 1. The van der Waals surface area contributed by atoms with Crippen molar-refractivity contribution >= 4 is 11.8 Å². The highest BCUT2D eigenvalue weighted by Gasteiger charge is 2.45. The molecular weight excluding hydrogens is 408 g/mol. The molecule has 2 unspecified atom stereocenters. The van der Waals surface area contributed by atoms with Crippen molar-refractivity contribution in [1.82, 2.24) is 20.3 Å². The second kappa shape index (κ2) is 8.70. The zero-order valence-corrected chi connectivity index (χ0v) is 18.8. The number of methoxy groups -OCH3 is 1. The number of allylic oxidation sites excluding steroid dienone is 2. The van der Waals surface area contributed by atoms with Gasteiger partial charge in [0.05, 0.1) is 17.9 Å². The molecule has 4 rings (SSSR count). The van der Waals surface area contributed by atoms with Crippen molar-refractivity contribution < 1.29 is 19.1 Å². The summed E-state index contributed by atoms with van der Waals surface area (Å²) in [6, 6.07) is 3.68. The minimum Gasteiger partial charge on any atom is -0.463 e. The Labute approximate surface area is 187 Å².